The second-order valence-corrected chi connectivity index (χ2v) is 6.95. The molecule has 4 aromatic rings. The van der Waals surface area contributed by atoms with Gasteiger partial charge in [0.05, 0.1) is 16.8 Å². The maximum atomic E-state index is 13.1. The number of para-hydroxylation sites is 1. The Morgan fingerprint density at radius 3 is 2.50 bits per heavy atom. The predicted octanol–water partition coefficient (Wildman–Crippen LogP) is 6.02. The lowest BCUT2D eigenvalue weighted by atomic mass is 10.0. The van der Waals surface area contributed by atoms with Gasteiger partial charge < -0.3 is 5.32 Å². The molecule has 1 aromatic heterocycles. The molecule has 0 radical (unpaired) electrons. The summed E-state index contributed by atoms with van der Waals surface area (Å²) in [6, 6.07) is 25.8. The molecule has 3 nitrogen and oxygen atoms in total. The molecule has 0 aliphatic rings. The molecule has 1 heterocycles. The number of nitrogens with one attached hydrogen (secondary N) is 1. The molecule has 28 heavy (non-hydrogen) atoms. The van der Waals surface area contributed by atoms with Gasteiger partial charge in [-0.1, -0.05) is 67.1 Å². The zero-order valence-corrected chi connectivity index (χ0v) is 16.1. The Kier molecular flexibility index (Phi) is 4.90. The highest BCUT2D eigenvalue weighted by Crippen LogP contribution is 2.26. The summed E-state index contributed by atoms with van der Waals surface area (Å²) < 4.78 is 0. The zero-order chi connectivity index (χ0) is 19.5. The van der Waals surface area contributed by atoms with Crippen LogP contribution in [0, 0.1) is 6.92 Å². The van der Waals surface area contributed by atoms with Crippen LogP contribution in [0.4, 0.5) is 5.69 Å². The van der Waals surface area contributed by atoms with Gasteiger partial charge in [0.2, 0.25) is 0 Å². The van der Waals surface area contributed by atoms with E-state index in [1.807, 2.05) is 60.7 Å². The number of carbonyl (C=O) groups is 1. The molecular weight excluding hydrogens is 344 g/mol. The third kappa shape index (κ3) is 3.65. The van der Waals surface area contributed by atoms with Crippen molar-refractivity contribution in [2.24, 2.45) is 0 Å². The third-order valence-corrected chi connectivity index (χ3v) is 4.90. The van der Waals surface area contributed by atoms with Crippen LogP contribution in [-0.2, 0) is 6.42 Å². The van der Waals surface area contributed by atoms with Crippen molar-refractivity contribution >= 4 is 22.5 Å². The number of amides is 1. The number of benzene rings is 3. The van der Waals surface area contributed by atoms with Gasteiger partial charge in [0.1, 0.15) is 0 Å². The minimum Gasteiger partial charge on any atom is -0.322 e. The quantitative estimate of drug-likeness (QED) is 0.479. The molecule has 3 aromatic carbocycles. The third-order valence-electron chi connectivity index (χ3n) is 4.90. The molecule has 0 saturated heterocycles. The number of carbonyl (C=O) groups excluding carboxylic acids is 1. The number of aryl methyl sites for hydroxylation is 2. The number of hydrogen-bond donors (Lipinski definition) is 1. The van der Waals surface area contributed by atoms with E-state index < -0.39 is 0 Å². The van der Waals surface area contributed by atoms with Crippen LogP contribution in [0.2, 0.25) is 0 Å². The van der Waals surface area contributed by atoms with Crippen LogP contribution in [0.15, 0.2) is 78.9 Å². The molecule has 0 aliphatic heterocycles. The lowest BCUT2D eigenvalue weighted by Crippen LogP contribution is -2.13. The van der Waals surface area contributed by atoms with Crippen LogP contribution in [0.5, 0.6) is 0 Å². The first-order chi connectivity index (χ1) is 13.6. The van der Waals surface area contributed by atoms with Crippen molar-refractivity contribution in [2.45, 2.75) is 20.3 Å². The first-order valence-electron chi connectivity index (χ1n) is 9.51. The van der Waals surface area contributed by atoms with E-state index in [-0.39, 0.29) is 5.91 Å². The normalized spacial score (nSPS) is 10.8. The van der Waals surface area contributed by atoms with Gasteiger partial charge in [0, 0.05) is 16.6 Å². The Labute approximate surface area is 165 Å². The molecule has 0 spiro atoms. The molecule has 0 bridgehead atoms. The number of rotatable bonds is 4. The van der Waals surface area contributed by atoms with Gasteiger partial charge in [0.15, 0.2) is 0 Å². The van der Waals surface area contributed by atoms with E-state index in [2.05, 4.69) is 37.4 Å². The number of aromatic nitrogens is 1. The number of fused-ring (bicyclic) bond motifs is 1. The summed E-state index contributed by atoms with van der Waals surface area (Å²) in [5.41, 5.74) is 6.43. The van der Waals surface area contributed by atoms with Crippen molar-refractivity contribution in [2.75, 3.05) is 5.32 Å². The molecule has 0 aliphatic carbocycles. The summed E-state index contributed by atoms with van der Waals surface area (Å²) >= 11 is 0. The highest BCUT2D eigenvalue weighted by molar-refractivity contribution is 6.13. The number of hydrogen-bond acceptors (Lipinski definition) is 2. The molecule has 1 N–H and O–H groups in total. The number of nitrogens with zero attached hydrogens (tertiary/aromatic N) is 1. The second kappa shape index (κ2) is 7.65. The fourth-order valence-corrected chi connectivity index (χ4v) is 3.30. The lowest BCUT2D eigenvalue weighted by Gasteiger charge is -2.11. The average molecular weight is 366 g/mol. The Balaban J connectivity index is 1.78. The Bertz CT molecular complexity index is 1150. The topological polar surface area (TPSA) is 42.0 Å². The van der Waals surface area contributed by atoms with Gasteiger partial charge >= 0.3 is 0 Å². The molecule has 4 rings (SSSR count). The second-order valence-electron chi connectivity index (χ2n) is 6.95. The van der Waals surface area contributed by atoms with Gasteiger partial charge in [-0.15, -0.1) is 0 Å². The molecular formula is C25H22N2O. The molecule has 0 atom stereocenters. The molecule has 0 fully saturated rings. The number of anilines is 1. The summed E-state index contributed by atoms with van der Waals surface area (Å²) in [7, 11) is 0. The van der Waals surface area contributed by atoms with Gasteiger partial charge in [-0.2, -0.15) is 0 Å². The molecule has 3 heteroatoms. The first kappa shape index (κ1) is 17.9. The SMILES string of the molecule is CCc1cccc(NC(=O)c2cc(-c3ccc(C)cc3)nc3ccccc23)c1. The first-order valence-corrected chi connectivity index (χ1v) is 9.51. The molecule has 0 saturated carbocycles. The minimum absolute atomic E-state index is 0.125. The summed E-state index contributed by atoms with van der Waals surface area (Å²) in [6.07, 6.45) is 0.930. The maximum Gasteiger partial charge on any atom is 0.256 e. The Hall–Kier alpha value is -3.46. The van der Waals surface area contributed by atoms with Crippen molar-refractivity contribution in [3.63, 3.8) is 0 Å². The zero-order valence-electron chi connectivity index (χ0n) is 16.1. The highest BCUT2D eigenvalue weighted by atomic mass is 16.1. The van der Waals surface area contributed by atoms with Gasteiger partial charge in [-0.25, -0.2) is 4.98 Å². The molecule has 1 amide bonds. The van der Waals surface area contributed by atoms with Crippen LogP contribution < -0.4 is 5.32 Å². The van der Waals surface area contributed by atoms with Crippen LogP contribution in [0.1, 0.15) is 28.4 Å². The van der Waals surface area contributed by atoms with Gasteiger partial charge in [-0.3, -0.25) is 4.79 Å². The predicted molar refractivity (Wildman–Crippen MR) is 116 cm³/mol. The maximum absolute atomic E-state index is 13.1. The van der Waals surface area contributed by atoms with Crippen molar-refractivity contribution in [3.05, 3.63) is 95.6 Å². The van der Waals surface area contributed by atoms with Crippen LogP contribution >= 0.6 is 0 Å². The molecule has 138 valence electrons. The average Bonchev–Trinajstić information content (AvgIpc) is 2.73. The van der Waals surface area contributed by atoms with E-state index in [9.17, 15) is 4.79 Å². The standard InChI is InChI=1S/C25H22N2O/c1-3-18-7-6-8-20(15-18)26-25(28)22-16-24(19-13-11-17(2)12-14-19)27-23-10-5-4-9-21(22)23/h4-16H,3H2,1-2H3,(H,26,28). The van der Waals surface area contributed by atoms with Crippen molar-refractivity contribution in [3.8, 4) is 11.3 Å². The summed E-state index contributed by atoms with van der Waals surface area (Å²) in [5.74, 6) is -0.125. The Morgan fingerprint density at radius 2 is 1.71 bits per heavy atom. The number of pyridine rings is 1. The van der Waals surface area contributed by atoms with Gasteiger partial charge in [-0.05, 0) is 43.2 Å². The van der Waals surface area contributed by atoms with Crippen LogP contribution in [0.25, 0.3) is 22.2 Å². The van der Waals surface area contributed by atoms with E-state index in [0.717, 1.165) is 34.3 Å². The van der Waals surface area contributed by atoms with Crippen LogP contribution in [0.3, 0.4) is 0 Å². The van der Waals surface area contributed by atoms with Crippen molar-refractivity contribution in [1.82, 2.24) is 4.98 Å². The highest BCUT2D eigenvalue weighted by Gasteiger charge is 2.14. The summed E-state index contributed by atoms with van der Waals surface area (Å²) in [5, 5.41) is 3.90. The summed E-state index contributed by atoms with van der Waals surface area (Å²) in [4.78, 5) is 17.9. The van der Waals surface area contributed by atoms with E-state index in [0.29, 0.717) is 5.56 Å². The van der Waals surface area contributed by atoms with E-state index >= 15 is 0 Å². The fraction of sp³-hybridized carbons (Fsp3) is 0.120. The largest absolute Gasteiger partial charge is 0.322 e. The summed E-state index contributed by atoms with van der Waals surface area (Å²) in [6.45, 7) is 4.16. The monoisotopic (exact) mass is 366 g/mol. The van der Waals surface area contributed by atoms with Gasteiger partial charge in [0.25, 0.3) is 5.91 Å². The van der Waals surface area contributed by atoms with Crippen LogP contribution in [-0.4, -0.2) is 10.9 Å². The molecule has 0 unspecified atom stereocenters. The van der Waals surface area contributed by atoms with Crippen molar-refractivity contribution in [1.29, 1.82) is 0 Å². The minimum atomic E-state index is -0.125. The Morgan fingerprint density at radius 1 is 0.929 bits per heavy atom. The van der Waals surface area contributed by atoms with E-state index in [1.54, 1.807) is 0 Å². The fourth-order valence-electron chi connectivity index (χ4n) is 3.30. The van der Waals surface area contributed by atoms with Crippen molar-refractivity contribution < 1.29 is 4.79 Å². The lowest BCUT2D eigenvalue weighted by molar-refractivity contribution is 0.102. The van der Waals surface area contributed by atoms with E-state index in [4.69, 9.17) is 4.98 Å². The van der Waals surface area contributed by atoms with E-state index in [1.165, 1.54) is 11.1 Å². The smallest absolute Gasteiger partial charge is 0.256 e.